The fourth-order valence-corrected chi connectivity index (χ4v) is 4.00. The highest BCUT2D eigenvalue weighted by molar-refractivity contribution is 7.99. The number of halogens is 1. The number of amides is 1. The standard InChI is InChI=1S/C17H17ClN2OS/c1-17(2)11-22-15(12-4-3-9-19-10-12)20(16(17)21)14-7-5-13(18)6-8-14/h3-10,15H,11H2,1-2H3. The van der Waals surface area contributed by atoms with Gasteiger partial charge in [-0.2, -0.15) is 0 Å². The molecule has 1 aromatic heterocycles. The second-order valence-electron chi connectivity index (χ2n) is 5.99. The first-order valence-electron chi connectivity index (χ1n) is 7.10. The summed E-state index contributed by atoms with van der Waals surface area (Å²) in [6.45, 7) is 3.98. The van der Waals surface area contributed by atoms with Crippen LogP contribution in [0.1, 0.15) is 24.8 Å². The smallest absolute Gasteiger partial charge is 0.234 e. The number of carbonyl (C=O) groups is 1. The second kappa shape index (κ2) is 5.94. The van der Waals surface area contributed by atoms with Crippen LogP contribution in [0.15, 0.2) is 48.8 Å². The van der Waals surface area contributed by atoms with Crippen LogP contribution in [0.4, 0.5) is 5.69 Å². The molecule has 0 N–H and O–H groups in total. The maximum atomic E-state index is 13.0. The number of anilines is 1. The van der Waals surface area contributed by atoms with Crippen molar-refractivity contribution in [1.29, 1.82) is 0 Å². The van der Waals surface area contributed by atoms with E-state index < -0.39 is 0 Å². The van der Waals surface area contributed by atoms with Gasteiger partial charge in [-0.05, 0) is 30.3 Å². The summed E-state index contributed by atoms with van der Waals surface area (Å²) in [5.74, 6) is 0.914. The van der Waals surface area contributed by atoms with Crippen molar-refractivity contribution >= 4 is 35.0 Å². The second-order valence-corrected chi connectivity index (χ2v) is 7.49. The molecule has 0 spiro atoms. The van der Waals surface area contributed by atoms with Crippen LogP contribution in [0, 0.1) is 5.41 Å². The number of hydrogen-bond acceptors (Lipinski definition) is 3. The molecule has 1 amide bonds. The predicted molar refractivity (Wildman–Crippen MR) is 92.2 cm³/mol. The van der Waals surface area contributed by atoms with Crippen molar-refractivity contribution in [3.05, 3.63) is 59.4 Å². The van der Waals surface area contributed by atoms with Gasteiger partial charge in [-0.25, -0.2) is 0 Å². The Hall–Kier alpha value is -1.52. The summed E-state index contributed by atoms with van der Waals surface area (Å²) in [5.41, 5.74) is 1.51. The summed E-state index contributed by atoms with van der Waals surface area (Å²) < 4.78 is 0. The molecule has 1 unspecified atom stereocenters. The van der Waals surface area contributed by atoms with Crippen LogP contribution < -0.4 is 4.90 Å². The molecule has 3 nitrogen and oxygen atoms in total. The molecule has 1 atom stereocenters. The minimum Gasteiger partial charge on any atom is -0.295 e. The first-order chi connectivity index (χ1) is 10.5. The quantitative estimate of drug-likeness (QED) is 0.809. The Morgan fingerprint density at radius 3 is 2.64 bits per heavy atom. The molecular formula is C17H17ClN2OS. The van der Waals surface area contributed by atoms with Gasteiger partial charge in [-0.3, -0.25) is 14.7 Å². The lowest BCUT2D eigenvalue weighted by atomic mass is 9.93. The lowest BCUT2D eigenvalue weighted by molar-refractivity contribution is -0.126. The normalized spacial score (nSPS) is 21.0. The van der Waals surface area contributed by atoms with E-state index in [2.05, 4.69) is 4.98 Å². The van der Waals surface area contributed by atoms with Gasteiger partial charge in [0.2, 0.25) is 5.91 Å². The van der Waals surface area contributed by atoms with Crippen molar-refractivity contribution in [2.75, 3.05) is 10.7 Å². The van der Waals surface area contributed by atoms with Gasteiger partial charge in [0.1, 0.15) is 5.37 Å². The highest BCUT2D eigenvalue weighted by Gasteiger charge is 2.42. The maximum Gasteiger partial charge on any atom is 0.234 e. The van der Waals surface area contributed by atoms with E-state index in [0.717, 1.165) is 17.0 Å². The van der Waals surface area contributed by atoms with Gasteiger partial charge < -0.3 is 0 Å². The molecule has 0 saturated carbocycles. The van der Waals surface area contributed by atoms with Crippen LogP contribution in [0.2, 0.25) is 5.02 Å². The summed E-state index contributed by atoms with van der Waals surface area (Å²) in [4.78, 5) is 19.0. The van der Waals surface area contributed by atoms with Crippen LogP contribution in [0.3, 0.4) is 0 Å². The van der Waals surface area contributed by atoms with Gasteiger partial charge in [-0.15, -0.1) is 11.8 Å². The molecule has 3 rings (SSSR count). The zero-order valence-corrected chi connectivity index (χ0v) is 14.1. The highest BCUT2D eigenvalue weighted by atomic mass is 35.5. The molecule has 5 heteroatoms. The van der Waals surface area contributed by atoms with E-state index in [1.807, 2.05) is 61.3 Å². The van der Waals surface area contributed by atoms with Crippen LogP contribution in [-0.4, -0.2) is 16.6 Å². The fourth-order valence-electron chi connectivity index (χ4n) is 2.48. The maximum absolute atomic E-state index is 13.0. The Balaban J connectivity index is 2.05. The number of thioether (sulfide) groups is 1. The summed E-state index contributed by atoms with van der Waals surface area (Å²) in [6, 6.07) is 11.3. The molecular weight excluding hydrogens is 316 g/mol. The van der Waals surface area contributed by atoms with Crippen LogP contribution >= 0.6 is 23.4 Å². The van der Waals surface area contributed by atoms with E-state index in [-0.39, 0.29) is 16.7 Å². The number of nitrogens with zero attached hydrogens (tertiary/aromatic N) is 2. The lowest BCUT2D eigenvalue weighted by Crippen LogP contribution is -2.48. The lowest BCUT2D eigenvalue weighted by Gasteiger charge is -2.42. The molecule has 0 bridgehead atoms. The topological polar surface area (TPSA) is 33.2 Å². The van der Waals surface area contributed by atoms with Gasteiger partial charge in [-0.1, -0.05) is 31.5 Å². The van der Waals surface area contributed by atoms with Gasteiger partial charge in [0.15, 0.2) is 0 Å². The Morgan fingerprint density at radius 2 is 2.00 bits per heavy atom. The Kier molecular flexibility index (Phi) is 4.15. The average Bonchev–Trinajstić information content (AvgIpc) is 2.52. The van der Waals surface area contributed by atoms with Crippen molar-refractivity contribution < 1.29 is 4.79 Å². The molecule has 1 aliphatic heterocycles. The van der Waals surface area contributed by atoms with E-state index in [1.165, 1.54) is 0 Å². The minimum absolute atomic E-state index is 0.0598. The summed E-state index contributed by atoms with van der Waals surface area (Å²) in [6.07, 6.45) is 3.57. The molecule has 0 aliphatic carbocycles. The van der Waals surface area contributed by atoms with Crippen LogP contribution in [-0.2, 0) is 4.79 Å². The SMILES string of the molecule is CC1(C)CSC(c2cccnc2)N(c2ccc(Cl)cc2)C1=O. The number of aromatic nitrogens is 1. The molecule has 22 heavy (non-hydrogen) atoms. The summed E-state index contributed by atoms with van der Waals surface area (Å²) in [7, 11) is 0. The third-order valence-electron chi connectivity index (χ3n) is 3.71. The first-order valence-corrected chi connectivity index (χ1v) is 8.52. The minimum atomic E-state index is -0.386. The van der Waals surface area contributed by atoms with Crippen molar-refractivity contribution in [2.24, 2.45) is 5.41 Å². The van der Waals surface area contributed by atoms with Crippen LogP contribution in [0.25, 0.3) is 0 Å². The van der Waals surface area contributed by atoms with E-state index in [1.54, 1.807) is 18.0 Å². The van der Waals surface area contributed by atoms with Gasteiger partial charge in [0.05, 0.1) is 5.41 Å². The molecule has 1 aromatic carbocycles. The molecule has 2 heterocycles. The van der Waals surface area contributed by atoms with Gasteiger partial charge in [0, 0.05) is 34.4 Å². The Labute approximate surface area is 139 Å². The first kappa shape index (κ1) is 15.4. The van der Waals surface area contributed by atoms with Crippen molar-refractivity contribution in [2.45, 2.75) is 19.2 Å². The Bertz CT molecular complexity index is 673. The number of carbonyl (C=O) groups excluding carboxylic acids is 1. The van der Waals surface area contributed by atoms with E-state index >= 15 is 0 Å². The predicted octanol–water partition coefficient (Wildman–Crippen LogP) is 4.54. The number of rotatable bonds is 2. The number of benzene rings is 1. The molecule has 1 aliphatic rings. The van der Waals surface area contributed by atoms with Gasteiger partial charge in [0.25, 0.3) is 0 Å². The Morgan fingerprint density at radius 1 is 1.27 bits per heavy atom. The van der Waals surface area contributed by atoms with E-state index in [9.17, 15) is 4.79 Å². The van der Waals surface area contributed by atoms with E-state index in [0.29, 0.717) is 5.02 Å². The largest absolute Gasteiger partial charge is 0.295 e. The fraction of sp³-hybridized carbons (Fsp3) is 0.294. The molecule has 2 aromatic rings. The summed E-state index contributed by atoms with van der Waals surface area (Å²) >= 11 is 7.74. The van der Waals surface area contributed by atoms with E-state index in [4.69, 9.17) is 11.6 Å². The molecule has 1 fully saturated rings. The monoisotopic (exact) mass is 332 g/mol. The van der Waals surface area contributed by atoms with Crippen LogP contribution in [0.5, 0.6) is 0 Å². The highest BCUT2D eigenvalue weighted by Crippen LogP contribution is 2.45. The number of pyridine rings is 1. The molecule has 0 radical (unpaired) electrons. The zero-order chi connectivity index (χ0) is 15.7. The number of hydrogen-bond donors (Lipinski definition) is 0. The average molecular weight is 333 g/mol. The van der Waals surface area contributed by atoms with Crippen molar-refractivity contribution in [3.63, 3.8) is 0 Å². The third kappa shape index (κ3) is 2.85. The summed E-state index contributed by atoms with van der Waals surface area (Å²) in [5, 5.41) is 0.605. The van der Waals surface area contributed by atoms with Crippen molar-refractivity contribution in [1.82, 2.24) is 4.98 Å². The molecule has 1 saturated heterocycles. The van der Waals surface area contributed by atoms with Crippen molar-refractivity contribution in [3.8, 4) is 0 Å². The zero-order valence-electron chi connectivity index (χ0n) is 12.5. The van der Waals surface area contributed by atoms with Gasteiger partial charge >= 0.3 is 0 Å². The molecule has 114 valence electrons. The third-order valence-corrected chi connectivity index (χ3v) is 5.65.